The van der Waals surface area contributed by atoms with Crippen molar-refractivity contribution in [3.63, 3.8) is 0 Å². The Balaban J connectivity index is 2.20. The summed E-state index contributed by atoms with van der Waals surface area (Å²) in [5, 5.41) is 0. The summed E-state index contributed by atoms with van der Waals surface area (Å²) >= 11 is 0. The first-order valence-electron chi connectivity index (χ1n) is 6.59. The summed E-state index contributed by atoms with van der Waals surface area (Å²) in [5.41, 5.74) is -0.0615. The number of nitrogens with zero attached hydrogens (tertiary/aromatic N) is 2. The van der Waals surface area contributed by atoms with Crippen molar-refractivity contribution in [1.29, 1.82) is 0 Å². The normalized spacial score (nSPS) is 23.9. The summed E-state index contributed by atoms with van der Waals surface area (Å²) in [4.78, 5) is 27.2. The van der Waals surface area contributed by atoms with Gasteiger partial charge in [0.05, 0.1) is 5.54 Å². The molecule has 96 valence electrons. The van der Waals surface area contributed by atoms with E-state index in [9.17, 15) is 9.59 Å². The van der Waals surface area contributed by atoms with Crippen LogP contribution in [0.4, 0.5) is 0 Å². The lowest BCUT2D eigenvalue weighted by Crippen LogP contribution is -2.64. The lowest BCUT2D eigenvalue weighted by molar-refractivity contribution is -0.149. The first kappa shape index (κ1) is 12.4. The molecule has 0 N–H and O–H groups in total. The van der Waals surface area contributed by atoms with Gasteiger partial charge in [0.2, 0.25) is 11.8 Å². The predicted molar refractivity (Wildman–Crippen MR) is 65.5 cm³/mol. The number of carbonyl (C=O) groups is 2. The maximum absolute atomic E-state index is 11.8. The van der Waals surface area contributed by atoms with Crippen LogP contribution in [0.15, 0.2) is 0 Å². The molecule has 0 radical (unpaired) electrons. The van der Waals surface area contributed by atoms with Crippen LogP contribution in [0.5, 0.6) is 0 Å². The van der Waals surface area contributed by atoms with Crippen molar-refractivity contribution >= 4 is 11.8 Å². The van der Waals surface area contributed by atoms with Gasteiger partial charge in [0.1, 0.15) is 0 Å². The van der Waals surface area contributed by atoms with Gasteiger partial charge < -0.3 is 9.80 Å². The van der Waals surface area contributed by atoms with Crippen LogP contribution < -0.4 is 0 Å². The minimum absolute atomic E-state index is 0.0615. The van der Waals surface area contributed by atoms with E-state index >= 15 is 0 Å². The highest BCUT2D eigenvalue weighted by Crippen LogP contribution is 2.36. The van der Waals surface area contributed by atoms with Crippen LogP contribution in [0.25, 0.3) is 0 Å². The molecule has 0 aromatic heterocycles. The van der Waals surface area contributed by atoms with Gasteiger partial charge in [0.15, 0.2) is 0 Å². The van der Waals surface area contributed by atoms with Crippen molar-refractivity contribution in [2.75, 3.05) is 19.6 Å². The van der Waals surface area contributed by atoms with Gasteiger partial charge in [-0.3, -0.25) is 9.59 Å². The molecule has 0 atom stereocenters. The fraction of sp³-hybridized carbons (Fsp3) is 0.846. The molecule has 2 amide bonds. The molecule has 1 aliphatic carbocycles. The lowest BCUT2D eigenvalue weighted by atomic mass is 9.78. The lowest BCUT2D eigenvalue weighted by Gasteiger charge is -2.52. The minimum Gasteiger partial charge on any atom is -0.339 e. The van der Waals surface area contributed by atoms with Crippen LogP contribution >= 0.6 is 0 Å². The van der Waals surface area contributed by atoms with Crippen LogP contribution in [0.3, 0.4) is 0 Å². The predicted octanol–water partition coefficient (Wildman–Crippen LogP) is 1.40. The van der Waals surface area contributed by atoms with Gasteiger partial charge in [0, 0.05) is 33.5 Å². The average Bonchev–Trinajstić information content (AvgIpc) is 2.29. The molecule has 0 unspecified atom stereocenters. The molecule has 2 rings (SSSR count). The number of hydrogen-bond acceptors (Lipinski definition) is 2. The molecule has 4 heteroatoms. The number of rotatable bonds is 0. The molecule has 1 saturated heterocycles. The quantitative estimate of drug-likeness (QED) is 0.640. The summed E-state index contributed by atoms with van der Waals surface area (Å²) in [6.45, 7) is 5.41. The summed E-state index contributed by atoms with van der Waals surface area (Å²) < 4.78 is 0. The second kappa shape index (κ2) is 4.67. The van der Waals surface area contributed by atoms with E-state index in [4.69, 9.17) is 0 Å². The van der Waals surface area contributed by atoms with Crippen molar-refractivity contribution < 1.29 is 9.59 Å². The Morgan fingerprint density at radius 3 is 2.12 bits per heavy atom. The van der Waals surface area contributed by atoms with E-state index in [0.29, 0.717) is 13.1 Å². The maximum Gasteiger partial charge on any atom is 0.220 e. The monoisotopic (exact) mass is 238 g/mol. The highest BCUT2D eigenvalue weighted by molar-refractivity contribution is 5.76. The van der Waals surface area contributed by atoms with Crippen LogP contribution in [0.1, 0.15) is 46.0 Å². The maximum atomic E-state index is 11.8. The Labute approximate surface area is 103 Å². The smallest absolute Gasteiger partial charge is 0.220 e. The third kappa shape index (κ3) is 2.31. The topological polar surface area (TPSA) is 40.6 Å². The third-order valence-electron chi connectivity index (χ3n) is 4.26. The molecule has 1 heterocycles. The van der Waals surface area contributed by atoms with Gasteiger partial charge >= 0.3 is 0 Å². The Morgan fingerprint density at radius 1 is 0.941 bits per heavy atom. The Morgan fingerprint density at radius 2 is 1.59 bits per heavy atom. The van der Waals surface area contributed by atoms with Crippen molar-refractivity contribution in [2.45, 2.75) is 51.5 Å². The second-order valence-corrected chi connectivity index (χ2v) is 5.40. The summed E-state index contributed by atoms with van der Waals surface area (Å²) in [7, 11) is 0. The second-order valence-electron chi connectivity index (χ2n) is 5.40. The van der Waals surface area contributed by atoms with Crippen molar-refractivity contribution in [3.05, 3.63) is 0 Å². The summed E-state index contributed by atoms with van der Waals surface area (Å²) in [6, 6.07) is 0. The first-order chi connectivity index (χ1) is 8.05. The standard InChI is InChI=1S/C13H22N2O2/c1-11(16)14-8-9-15(12(2)17)13(10-14)6-4-3-5-7-13/h3-10H2,1-2H3. The molecule has 0 aromatic carbocycles. The van der Waals surface area contributed by atoms with Gasteiger partial charge in [-0.05, 0) is 12.8 Å². The van der Waals surface area contributed by atoms with E-state index in [-0.39, 0.29) is 17.4 Å². The molecule has 2 aliphatic rings. The molecule has 1 aliphatic heterocycles. The summed E-state index contributed by atoms with van der Waals surface area (Å²) in [6.07, 6.45) is 5.71. The molecule has 1 spiro atoms. The Hall–Kier alpha value is -1.06. The zero-order valence-corrected chi connectivity index (χ0v) is 10.9. The third-order valence-corrected chi connectivity index (χ3v) is 4.26. The van der Waals surface area contributed by atoms with Gasteiger partial charge in [-0.1, -0.05) is 19.3 Å². The fourth-order valence-corrected chi connectivity index (χ4v) is 3.38. The van der Waals surface area contributed by atoms with E-state index < -0.39 is 0 Å². The van der Waals surface area contributed by atoms with Crippen molar-refractivity contribution in [1.82, 2.24) is 9.80 Å². The van der Waals surface area contributed by atoms with Gasteiger partial charge in [-0.25, -0.2) is 0 Å². The van der Waals surface area contributed by atoms with Crippen LogP contribution in [-0.4, -0.2) is 46.8 Å². The van der Waals surface area contributed by atoms with Crippen LogP contribution in [0.2, 0.25) is 0 Å². The van der Waals surface area contributed by atoms with E-state index in [2.05, 4.69) is 0 Å². The van der Waals surface area contributed by atoms with Gasteiger partial charge in [-0.15, -0.1) is 0 Å². The summed E-state index contributed by atoms with van der Waals surface area (Å²) in [5.74, 6) is 0.299. The fourth-order valence-electron chi connectivity index (χ4n) is 3.38. The van der Waals surface area contributed by atoms with Gasteiger partial charge in [0.25, 0.3) is 0 Å². The highest BCUT2D eigenvalue weighted by atomic mass is 16.2. The van der Waals surface area contributed by atoms with Crippen LogP contribution in [-0.2, 0) is 9.59 Å². The largest absolute Gasteiger partial charge is 0.339 e. The molecule has 0 bridgehead atoms. The highest BCUT2D eigenvalue weighted by Gasteiger charge is 2.44. The molecular weight excluding hydrogens is 216 g/mol. The van der Waals surface area contributed by atoms with E-state index in [1.165, 1.54) is 19.3 Å². The van der Waals surface area contributed by atoms with E-state index in [1.807, 2.05) is 9.80 Å². The van der Waals surface area contributed by atoms with E-state index in [1.54, 1.807) is 13.8 Å². The minimum atomic E-state index is -0.0615. The Kier molecular flexibility index (Phi) is 3.40. The molecule has 0 aromatic rings. The number of carbonyl (C=O) groups excluding carboxylic acids is 2. The van der Waals surface area contributed by atoms with E-state index in [0.717, 1.165) is 19.4 Å². The number of hydrogen-bond donors (Lipinski definition) is 0. The molecule has 2 fully saturated rings. The molecule has 4 nitrogen and oxygen atoms in total. The first-order valence-corrected chi connectivity index (χ1v) is 6.59. The molecule has 1 saturated carbocycles. The average molecular weight is 238 g/mol. The number of piperazine rings is 1. The Bertz CT molecular complexity index is 321. The van der Waals surface area contributed by atoms with Crippen molar-refractivity contribution in [3.8, 4) is 0 Å². The zero-order chi connectivity index (χ0) is 12.5. The van der Waals surface area contributed by atoms with Gasteiger partial charge in [-0.2, -0.15) is 0 Å². The van der Waals surface area contributed by atoms with Crippen molar-refractivity contribution in [2.24, 2.45) is 0 Å². The SMILES string of the molecule is CC(=O)N1CCN(C(C)=O)C2(CCCCC2)C1. The zero-order valence-electron chi connectivity index (χ0n) is 10.9. The molecule has 17 heavy (non-hydrogen) atoms. The van der Waals surface area contributed by atoms with Crippen LogP contribution in [0, 0.1) is 0 Å². The number of amides is 2. The molecular formula is C13H22N2O2.